The second-order valence-electron chi connectivity index (χ2n) is 6.82. The van der Waals surface area contributed by atoms with Crippen molar-refractivity contribution >= 4 is 11.8 Å². The third kappa shape index (κ3) is 4.84. The van der Waals surface area contributed by atoms with E-state index in [1.165, 1.54) is 0 Å². The molecule has 0 aromatic carbocycles. The number of nitrogens with one attached hydrogen (secondary N) is 1. The van der Waals surface area contributed by atoms with Crippen LogP contribution in [0.2, 0.25) is 0 Å². The van der Waals surface area contributed by atoms with Gasteiger partial charge in [0.05, 0.1) is 0 Å². The molecular weight excluding hydrogens is 240 g/mol. The Morgan fingerprint density at radius 3 is 2.53 bits per heavy atom. The number of rotatable bonds is 4. The average Bonchev–Trinajstić information content (AvgIpc) is 2.45. The lowest BCUT2D eigenvalue weighted by molar-refractivity contribution is -0.135. The molecule has 0 radical (unpaired) electrons. The van der Waals surface area contributed by atoms with Gasteiger partial charge in [0.2, 0.25) is 11.8 Å². The second kappa shape index (κ2) is 6.40. The SMILES string of the molecule is CCC(C)C1NC(=O)CCN(CCC(C)(C)C)C1=O. The molecule has 0 aromatic rings. The third-order valence-electron chi connectivity index (χ3n) is 3.85. The molecule has 1 aliphatic heterocycles. The van der Waals surface area contributed by atoms with Gasteiger partial charge in [-0.3, -0.25) is 9.59 Å². The van der Waals surface area contributed by atoms with E-state index in [2.05, 4.69) is 33.0 Å². The second-order valence-corrected chi connectivity index (χ2v) is 6.82. The summed E-state index contributed by atoms with van der Waals surface area (Å²) in [5.41, 5.74) is 0.204. The molecule has 0 saturated carbocycles. The zero-order valence-electron chi connectivity index (χ0n) is 13.0. The summed E-state index contributed by atoms with van der Waals surface area (Å²) < 4.78 is 0. The van der Waals surface area contributed by atoms with E-state index in [0.29, 0.717) is 13.0 Å². The van der Waals surface area contributed by atoms with Crippen LogP contribution in [0.25, 0.3) is 0 Å². The van der Waals surface area contributed by atoms with Crippen molar-refractivity contribution in [3.05, 3.63) is 0 Å². The highest BCUT2D eigenvalue weighted by Crippen LogP contribution is 2.21. The van der Waals surface area contributed by atoms with Gasteiger partial charge in [-0.05, 0) is 17.8 Å². The maximum atomic E-state index is 12.5. The van der Waals surface area contributed by atoms with Crippen molar-refractivity contribution in [2.75, 3.05) is 13.1 Å². The molecule has 0 bridgehead atoms. The van der Waals surface area contributed by atoms with E-state index in [4.69, 9.17) is 0 Å². The Morgan fingerprint density at radius 1 is 1.37 bits per heavy atom. The fourth-order valence-electron chi connectivity index (χ4n) is 2.16. The predicted octanol–water partition coefficient (Wildman–Crippen LogP) is 2.19. The van der Waals surface area contributed by atoms with Crippen LogP contribution in [0, 0.1) is 11.3 Å². The number of nitrogens with zero attached hydrogens (tertiary/aromatic N) is 1. The van der Waals surface area contributed by atoms with E-state index in [1.54, 1.807) is 0 Å². The van der Waals surface area contributed by atoms with Crippen LogP contribution >= 0.6 is 0 Å². The summed E-state index contributed by atoms with van der Waals surface area (Å²) in [6.45, 7) is 11.9. The van der Waals surface area contributed by atoms with Gasteiger partial charge in [0, 0.05) is 19.5 Å². The molecule has 1 fully saturated rings. The Hall–Kier alpha value is -1.06. The Kier molecular flexibility index (Phi) is 5.39. The fraction of sp³-hybridized carbons (Fsp3) is 0.867. The summed E-state index contributed by atoms with van der Waals surface area (Å²) >= 11 is 0. The zero-order valence-corrected chi connectivity index (χ0v) is 13.0. The van der Waals surface area contributed by atoms with Gasteiger partial charge >= 0.3 is 0 Å². The highest BCUT2D eigenvalue weighted by Gasteiger charge is 2.33. The average molecular weight is 268 g/mol. The van der Waals surface area contributed by atoms with Gasteiger partial charge in [-0.15, -0.1) is 0 Å². The molecule has 4 nitrogen and oxygen atoms in total. The van der Waals surface area contributed by atoms with Crippen molar-refractivity contribution in [1.29, 1.82) is 0 Å². The van der Waals surface area contributed by atoms with Crippen molar-refractivity contribution in [3.63, 3.8) is 0 Å². The summed E-state index contributed by atoms with van der Waals surface area (Å²) in [6.07, 6.45) is 2.27. The lowest BCUT2D eigenvalue weighted by Crippen LogP contribution is -2.48. The molecular formula is C15H28N2O2. The monoisotopic (exact) mass is 268 g/mol. The molecule has 4 heteroatoms. The van der Waals surface area contributed by atoms with Crippen molar-refractivity contribution in [2.45, 2.75) is 59.9 Å². The van der Waals surface area contributed by atoms with Gasteiger partial charge in [-0.25, -0.2) is 0 Å². The van der Waals surface area contributed by atoms with Crippen LogP contribution in [0.15, 0.2) is 0 Å². The van der Waals surface area contributed by atoms with Gasteiger partial charge in [-0.1, -0.05) is 41.0 Å². The minimum absolute atomic E-state index is 0.00286. The van der Waals surface area contributed by atoms with Gasteiger partial charge in [-0.2, -0.15) is 0 Å². The Morgan fingerprint density at radius 2 is 2.00 bits per heavy atom. The first kappa shape index (κ1) is 16.0. The lowest BCUT2D eigenvalue weighted by Gasteiger charge is -2.29. The summed E-state index contributed by atoms with van der Waals surface area (Å²) in [5, 5.41) is 2.88. The molecule has 1 aliphatic rings. The molecule has 1 N–H and O–H groups in total. The standard InChI is InChI=1S/C15H28N2O2/c1-6-11(2)13-14(19)17(9-7-12(18)16-13)10-8-15(3,4)5/h11,13H,6-10H2,1-5H3,(H,16,18). The molecule has 2 atom stereocenters. The van der Waals surface area contributed by atoms with Gasteiger partial charge in [0.15, 0.2) is 0 Å². The van der Waals surface area contributed by atoms with E-state index in [-0.39, 0.29) is 29.2 Å². The number of carbonyl (C=O) groups excluding carboxylic acids is 2. The van der Waals surface area contributed by atoms with Gasteiger partial charge in [0.25, 0.3) is 0 Å². The number of hydrogen-bond donors (Lipinski definition) is 1. The lowest BCUT2D eigenvalue weighted by atomic mass is 9.91. The molecule has 110 valence electrons. The minimum Gasteiger partial charge on any atom is -0.344 e. The zero-order chi connectivity index (χ0) is 14.6. The first-order valence-electron chi connectivity index (χ1n) is 7.32. The number of carbonyl (C=O) groups is 2. The topological polar surface area (TPSA) is 49.4 Å². The molecule has 1 saturated heterocycles. The molecule has 2 amide bonds. The van der Waals surface area contributed by atoms with Crippen LogP contribution in [0.3, 0.4) is 0 Å². The smallest absolute Gasteiger partial charge is 0.245 e. The summed E-state index contributed by atoms with van der Waals surface area (Å²) in [5.74, 6) is 0.271. The Labute approximate surface area is 116 Å². The Balaban J connectivity index is 2.75. The predicted molar refractivity (Wildman–Crippen MR) is 76.7 cm³/mol. The van der Waals surface area contributed by atoms with Gasteiger partial charge < -0.3 is 10.2 Å². The van der Waals surface area contributed by atoms with E-state index in [9.17, 15) is 9.59 Å². The fourth-order valence-corrected chi connectivity index (χ4v) is 2.16. The molecule has 1 heterocycles. The van der Waals surface area contributed by atoms with Crippen LogP contribution in [0.1, 0.15) is 53.9 Å². The van der Waals surface area contributed by atoms with Crippen LogP contribution in [0.5, 0.6) is 0 Å². The van der Waals surface area contributed by atoms with Crippen molar-refractivity contribution < 1.29 is 9.59 Å². The van der Waals surface area contributed by atoms with E-state index >= 15 is 0 Å². The molecule has 2 unspecified atom stereocenters. The van der Waals surface area contributed by atoms with Crippen molar-refractivity contribution in [2.24, 2.45) is 11.3 Å². The largest absolute Gasteiger partial charge is 0.344 e. The van der Waals surface area contributed by atoms with Crippen LogP contribution in [0.4, 0.5) is 0 Å². The molecule has 0 aliphatic carbocycles. The van der Waals surface area contributed by atoms with Crippen LogP contribution < -0.4 is 5.32 Å². The summed E-state index contributed by atoms with van der Waals surface area (Å²) in [7, 11) is 0. The van der Waals surface area contributed by atoms with Crippen LogP contribution in [-0.4, -0.2) is 35.8 Å². The molecule has 19 heavy (non-hydrogen) atoms. The molecule has 0 spiro atoms. The molecule has 1 rings (SSSR count). The van der Waals surface area contributed by atoms with Crippen molar-refractivity contribution in [3.8, 4) is 0 Å². The minimum atomic E-state index is -0.347. The summed E-state index contributed by atoms with van der Waals surface area (Å²) in [4.78, 5) is 26.1. The number of hydrogen-bond acceptors (Lipinski definition) is 2. The van der Waals surface area contributed by atoms with Crippen molar-refractivity contribution in [1.82, 2.24) is 10.2 Å². The maximum Gasteiger partial charge on any atom is 0.245 e. The highest BCUT2D eigenvalue weighted by atomic mass is 16.2. The van der Waals surface area contributed by atoms with Crippen LogP contribution in [-0.2, 0) is 9.59 Å². The van der Waals surface area contributed by atoms with Gasteiger partial charge in [0.1, 0.15) is 6.04 Å². The van der Waals surface area contributed by atoms with E-state index in [0.717, 1.165) is 19.4 Å². The summed E-state index contributed by atoms with van der Waals surface area (Å²) in [6, 6.07) is -0.347. The van der Waals surface area contributed by atoms with E-state index in [1.807, 2.05) is 11.8 Å². The molecule has 0 aromatic heterocycles. The highest BCUT2D eigenvalue weighted by molar-refractivity contribution is 5.90. The first-order valence-corrected chi connectivity index (χ1v) is 7.32. The third-order valence-corrected chi connectivity index (χ3v) is 3.85. The Bertz CT molecular complexity index is 334. The maximum absolute atomic E-state index is 12.5. The van der Waals surface area contributed by atoms with E-state index < -0.39 is 0 Å². The first-order chi connectivity index (χ1) is 8.74. The normalized spacial score (nSPS) is 23.0. The quantitative estimate of drug-likeness (QED) is 0.849. The number of amides is 2.